The van der Waals surface area contributed by atoms with Crippen LogP contribution >= 0.6 is 0 Å². The van der Waals surface area contributed by atoms with Crippen molar-refractivity contribution in [1.82, 2.24) is 5.32 Å². The molecule has 0 aliphatic heterocycles. The molecule has 0 bridgehead atoms. The van der Waals surface area contributed by atoms with E-state index >= 15 is 0 Å². The second-order valence-electron chi connectivity index (χ2n) is 4.77. The molecular weight excluding hydrogens is 227 g/mol. The molecule has 2 rings (SSSR count). The van der Waals surface area contributed by atoms with Crippen LogP contribution < -0.4 is 5.32 Å². The van der Waals surface area contributed by atoms with Gasteiger partial charge in [0.15, 0.2) is 0 Å². The second-order valence-corrected chi connectivity index (χ2v) is 4.77. The molecule has 1 N–H and O–H groups in total. The van der Waals surface area contributed by atoms with E-state index in [-0.39, 0.29) is 6.04 Å². The lowest BCUT2D eigenvalue weighted by molar-refractivity contribution is -0.140. The first-order valence-corrected chi connectivity index (χ1v) is 5.83. The summed E-state index contributed by atoms with van der Waals surface area (Å²) in [7, 11) is 0. The molecule has 1 saturated carbocycles. The highest BCUT2D eigenvalue weighted by molar-refractivity contribution is 5.19. The molecule has 1 aliphatic rings. The van der Waals surface area contributed by atoms with Crippen LogP contribution in [0.25, 0.3) is 0 Å². The maximum atomic E-state index is 12.5. The second kappa shape index (κ2) is 4.69. The minimum atomic E-state index is -4.13. The molecule has 0 saturated heterocycles. The van der Waals surface area contributed by atoms with Crippen molar-refractivity contribution in [2.45, 2.75) is 38.0 Å². The molecule has 3 unspecified atom stereocenters. The minimum Gasteiger partial charge on any atom is -0.307 e. The number of benzene rings is 1. The van der Waals surface area contributed by atoms with E-state index in [0.717, 1.165) is 6.42 Å². The summed E-state index contributed by atoms with van der Waals surface area (Å²) < 4.78 is 37.6. The van der Waals surface area contributed by atoms with Crippen LogP contribution in [0.1, 0.15) is 31.4 Å². The molecule has 0 amide bonds. The van der Waals surface area contributed by atoms with Crippen molar-refractivity contribution < 1.29 is 13.2 Å². The van der Waals surface area contributed by atoms with E-state index in [4.69, 9.17) is 0 Å². The van der Waals surface area contributed by atoms with Crippen molar-refractivity contribution >= 4 is 0 Å². The van der Waals surface area contributed by atoms with Gasteiger partial charge in [0.1, 0.15) is 0 Å². The highest BCUT2D eigenvalue weighted by Gasteiger charge is 2.38. The Labute approximate surface area is 99.0 Å². The first-order chi connectivity index (χ1) is 7.96. The fourth-order valence-electron chi connectivity index (χ4n) is 2.00. The lowest BCUT2D eigenvalue weighted by Gasteiger charge is -2.20. The zero-order valence-electron chi connectivity index (χ0n) is 9.67. The third-order valence-corrected chi connectivity index (χ3v) is 3.16. The van der Waals surface area contributed by atoms with Gasteiger partial charge >= 0.3 is 6.18 Å². The summed E-state index contributed by atoms with van der Waals surface area (Å²) in [5, 5.41) is 3.09. The monoisotopic (exact) mass is 243 g/mol. The predicted octanol–water partition coefficient (Wildman–Crippen LogP) is 3.68. The third-order valence-electron chi connectivity index (χ3n) is 3.16. The van der Waals surface area contributed by atoms with E-state index in [1.165, 1.54) is 0 Å². The zero-order chi connectivity index (χ0) is 12.5. The molecule has 0 radical (unpaired) electrons. The van der Waals surface area contributed by atoms with Crippen LogP contribution in [0.3, 0.4) is 0 Å². The van der Waals surface area contributed by atoms with Gasteiger partial charge in [-0.1, -0.05) is 37.3 Å². The maximum absolute atomic E-state index is 12.5. The Morgan fingerprint density at radius 2 is 1.88 bits per heavy atom. The zero-order valence-corrected chi connectivity index (χ0v) is 9.67. The minimum absolute atomic E-state index is 0.238. The molecule has 1 aromatic carbocycles. The van der Waals surface area contributed by atoms with Gasteiger partial charge in [0.05, 0.1) is 6.42 Å². The smallest absolute Gasteiger partial charge is 0.307 e. The average Bonchev–Trinajstić information content (AvgIpc) is 2.93. The third kappa shape index (κ3) is 3.73. The van der Waals surface area contributed by atoms with Crippen molar-refractivity contribution in [3.63, 3.8) is 0 Å². The lowest BCUT2D eigenvalue weighted by Crippen LogP contribution is -2.29. The molecular formula is C13H16F3N. The Balaban J connectivity index is 2.07. The van der Waals surface area contributed by atoms with Gasteiger partial charge in [0, 0.05) is 12.1 Å². The lowest BCUT2D eigenvalue weighted by atomic mass is 10.0. The highest BCUT2D eigenvalue weighted by Crippen LogP contribution is 2.35. The first kappa shape index (κ1) is 12.4. The van der Waals surface area contributed by atoms with Crippen molar-refractivity contribution in [2.24, 2.45) is 5.92 Å². The number of hydrogen-bond donors (Lipinski definition) is 1. The van der Waals surface area contributed by atoms with Crippen LogP contribution in [0.5, 0.6) is 0 Å². The Morgan fingerprint density at radius 3 is 2.35 bits per heavy atom. The van der Waals surface area contributed by atoms with Crippen molar-refractivity contribution in [1.29, 1.82) is 0 Å². The largest absolute Gasteiger partial charge is 0.390 e. The van der Waals surface area contributed by atoms with E-state index in [2.05, 4.69) is 5.32 Å². The summed E-state index contributed by atoms with van der Waals surface area (Å²) in [5.74, 6) is 0.495. The number of alkyl halides is 3. The SMILES string of the molecule is CC1CC1NC(CC(F)(F)F)c1ccccc1. The Morgan fingerprint density at radius 1 is 1.29 bits per heavy atom. The predicted molar refractivity (Wildman–Crippen MR) is 60.6 cm³/mol. The summed E-state index contributed by atoms with van der Waals surface area (Å²) in [4.78, 5) is 0. The van der Waals surface area contributed by atoms with Crippen LogP contribution in [0.4, 0.5) is 13.2 Å². The van der Waals surface area contributed by atoms with Crippen LogP contribution in [0.15, 0.2) is 30.3 Å². The van der Waals surface area contributed by atoms with Crippen LogP contribution in [-0.4, -0.2) is 12.2 Å². The van der Waals surface area contributed by atoms with Crippen LogP contribution in [0.2, 0.25) is 0 Å². The number of hydrogen-bond acceptors (Lipinski definition) is 1. The number of rotatable bonds is 4. The first-order valence-electron chi connectivity index (χ1n) is 5.83. The highest BCUT2D eigenvalue weighted by atomic mass is 19.4. The van der Waals surface area contributed by atoms with Crippen molar-refractivity contribution in [2.75, 3.05) is 0 Å². The standard InChI is InChI=1S/C13H16F3N/c1-9-7-11(9)17-12(8-13(14,15)16)10-5-3-2-4-6-10/h2-6,9,11-12,17H,7-8H2,1H3. The van der Waals surface area contributed by atoms with E-state index in [1.54, 1.807) is 24.3 Å². The summed E-state index contributed by atoms with van der Waals surface area (Å²) in [6.45, 7) is 2.05. The summed E-state index contributed by atoms with van der Waals surface area (Å²) in [6.07, 6.45) is -3.97. The van der Waals surface area contributed by atoms with Crippen molar-refractivity contribution in [3.8, 4) is 0 Å². The van der Waals surface area contributed by atoms with Gasteiger partial charge in [0.2, 0.25) is 0 Å². The molecule has 1 fully saturated rings. The molecule has 4 heteroatoms. The van der Waals surface area contributed by atoms with Gasteiger partial charge in [-0.15, -0.1) is 0 Å². The molecule has 3 atom stereocenters. The van der Waals surface area contributed by atoms with Gasteiger partial charge in [0.25, 0.3) is 0 Å². The fraction of sp³-hybridized carbons (Fsp3) is 0.538. The molecule has 1 aliphatic carbocycles. The van der Waals surface area contributed by atoms with E-state index < -0.39 is 18.6 Å². The van der Waals surface area contributed by atoms with Crippen molar-refractivity contribution in [3.05, 3.63) is 35.9 Å². The molecule has 0 spiro atoms. The molecule has 0 heterocycles. The normalized spacial score (nSPS) is 25.6. The average molecular weight is 243 g/mol. The molecule has 1 aromatic rings. The Kier molecular flexibility index (Phi) is 3.43. The van der Waals surface area contributed by atoms with E-state index in [0.29, 0.717) is 11.5 Å². The summed E-state index contributed by atoms with van der Waals surface area (Å²) >= 11 is 0. The van der Waals surface area contributed by atoms with E-state index in [9.17, 15) is 13.2 Å². The van der Waals surface area contributed by atoms with Gasteiger partial charge < -0.3 is 5.32 Å². The van der Waals surface area contributed by atoms with Gasteiger partial charge in [-0.05, 0) is 17.9 Å². The quantitative estimate of drug-likeness (QED) is 0.850. The number of halogens is 3. The van der Waals surface area contributed by atoms with Gasteiger partial charge in [-0.25, -0.2) is 0 Å². The van der Waals surface area contributed by atoms with E-state index in [1.807, 2.05) is 13.0 Å². The fourth-order valence-corrected chi connectivity index (χ4v) is 2.00. The number of nitrogens with one attached hydrogen (secondary N) is 1. The Hall–Kier alpha value is -1.03. The van der Waals surface area contributed by atoms with Gasteiger partial charge in [-0.2, -0.15) is 13.2 Å². The van der Waals surface area contributed by atoms with Crippen LogP contribution in [-0.2, 0) is 0 Å². The molecule has 94 valence electrons. The maximum Gasteiger partial charge on any atom is 0.390 e. The molecule has 0 aromatic heterocycles. The van der Waals surface area contributed by atoms with Crippen LogP contribution in [0, 0.1) is 5.92 Å². The summed E-state index contributed by atoms with van der Waals surface area (Å²) in [6, 6.07) is 8.47. The van der Waals surface area contributed by atoms with Gasteiger partial charge in [-0.3, -0.25) is 0 Å². The molecule has 17 heavy (non-hydrogen) atoms. The summed E-state index contributed by atoms with van der Waals surface area (Å²) in [5.41, 5.74) is 0.712. The molecule has 1 nitrogen and oxygen atoms in total. The topological polar surface area (TPSA) is 12.0 Å². The Bertz CT molecular complexity index is 361.